The molecule has 2 aromatic rings. The second kappa shape index (κ2) is 8.80. The van der Waals surface area contributed by atoms with Crippen LogP contribution in [-0.4, -0.2) is 25.1 Å². The molecule has 3 N–H and O–H groups in total. The highest BCUT2D eigenvalue weighted by atomic mass is 16.5. The number of nitrogen functional groups attached to an aromatic ring is 1. The van der Waals surface area contributed by atoms with Crippen molar-refractivity contribution in [1.82, 2.24) is 0 Å². The molecule has 5 nitrogen and oxygen atoms in total. The fourth-order valence-electron chi connectivity index (χ4n) is 3.48. The molecule has 0 spiro atoms. The number of anilines is 3. The number of hydrogen-bond donors (Lipinski definition) is 2. The van der Waals surface area contributed by atoms with Crippen LogP contribution in [0.2, 0.25) is 0 Å². The van der Waals surface area contributed by atoms with Crippen LogP contribution in [0, 0.1) is 0 Å². The normalized spacial score (nSPS) is 16.8. The van der Waals surface area contributed by atoms with E-state index in [9.17, 15) is 4.79 Å². The Kier molecular flexibility index (Phi) is 6.22. The van der Waals surface area contributed by atoms with Gasteiger partial charge in [-0.3, -0.25) is 4.79 Å². The van der Waals surface area contributed by atoms with Crippen LogP contribution in [0.3, 0.4) is 0 Å². The summed E-state index contributed by atoms with van der Waals surface area (Å²) in [6.07, 6.45) is 4.61. The molecular weight excluding hydrogens is 338 g/mol. The Labute approximate surface area is 161 Å². The van der Waals surface area contributed by atoms with Crippen LogP contribution in [0.5, 0.6) is 5.75 Å². The lowest BCUT2D eigenvalue weighted by Crippen LogP contribution is -2.37. The molecule has 0 bridgehead atoms. The quantitative estimate of drug-likeness (QED) is 0.727. The van der Waals surface area contributed by atoms with Gasteiger partial charge in [0.25, 0.3) is 5.91 Å². The Balaban J connectivity index is 1.66. The van der Waals surface area contributed by atoms with Crippen LogP contribution in [0.15, 0.2) is 42.5 Å². The van der Waals surface area contributed by atoms with Crippen molar-refractivity contribution < 1.29 is 9.53 Å². The van der Waals surface area contributed by atoms with Crippen molar-refractivity contribution in [2.24, 2.45) is 0 Å². The van der Waals surface area contributed by atoms with Crippen LogP contribution in [0.25, 0.3) is 0 Å². The highest BCUT2D eigenvalue weighted by Gasteiger charge is 2.20. The van der Waals surface area contributed by atoms with E-state index in [1.165, 1.54) is 19.3 Å². The lowest BCUT2D eigenvalue weighted by Gasteiger charge is -2.36. The van der Waals surface area contributed by atoms with E-state index >= 15 is 0 Å². The molecule has 27 heavy (non-hydrogen) atoms. The topological polar surface area (TPSA) is 67.6 Å². The third-order valence-electron chi connectivity index (χ3n) is 4.99. The number of carbonyl (C=O) groups excluding carboxylic acids is 1. The van der Waals surface area contributed by atoms with Gasteiger partial charge in [-0.15, -0.1) is 0 Å². The summed E-state index contributed by atoms with van der Waals surface area (Å²) in [6.45, 7) is 6.00. The number of amides is 1. The molecule has 0 aromatic heterocycles. The largest absolute Gasteiger partial charge is 0.494 e. The van der Waals surface area contributed by atoms with Crippen molar-refractivity contribution in [3.63, 3.8) is 0 Å². The summed E-state index contributed by atoms with van der Waals surface area (Å²) in [7, 11) is 0. The third-order valence-corrected chi connectivity index (χ3v) is 4.99. The maximum atomic E-state index is 12.5. The molecule has 1 aliphatic heterocycles. The van der Waals surface area contributed by atoms with Gasteiger partial charge < -0.3 is 20.7 Å². The predicted octanol–water partition coefficient (Wildman–Crippen LogP) is 4.69. The third kappa shape index (κ3) is 4.73. The molecule has 1 aliphatic rings. The number of ether oxygens (including phenoxy) is 1. The van der Waals surface area contributed by atoms with Gasteiger partial charge >= 0.3 is 0 Å². The maximum absolute atomic E-state index is 12.5. The van der Waals surface area contributed by atoms with E-state index in [2.05, 4.69) is 24.1 Å². The van der Waals surface area contributed by atoms with Crippen LogP contribution in [-0.2, 0) is 0 Å². The Morgan fingerprint density at radius 2 is 2.00 bits per heavy atom. The first-order valence-electron chi connectivity index (χ1n) is 9.79. The van der Waals surface area contributed by atoms with E-state index < -0.39 is 0 Å². The van der Waals surface area contributed by atoms with Crippen LogP contribution >= 0.6 is 0 Å². The summed E-state index contributed by atoms with van der Waals surface area (Å²) in [5, 5.41) is 2.92. The minimum absolute atomic E-state index is 0.157. The number of piperidine rings is 1. The van der Waals surface area contributed by atoms with Gasteiger partial charge in [-0.2, -0.15) is 0 Å². The maximum Gasteiger partial charge on any atom is 0.255 e. The molecule has 144 valence electrons. The zero-order valence-electron chi connectivity index (χ0n) is 16.2. The van der Waals surface area contributed by atoms with E-state index in [0.29, 0.717) is 29.6 Å². The van der Waals surface area contributed by atoms with Crippen LogP contribution < -0.4 is 20.7 Å². The number of rotatable bonds is 6. The average molecular weight is 367 g/mol. The summed E-state index contributed by atoms with van der Waals surface area (Å²) in [5.41, 5.74) is 9.33. The van der Waals surface area contributed by atoms with E-state index in [-0.39, 0.29) is 5.91 Å². The predicted molar refractivity (Wildman–Crippen MR) is 112 cm³/mol. The molecule has 3 rings (SSSR count). The zero-order chi connectivity index (χ0) is 19.2. The number of carbonyl (C=O) groups is 1. The van der Waals surface area contributed by atoms with E-state index in [1.54, 1.807) is 12.1 Å². The molecule has 1 heterocycles. The summed E-state index contributed by atoms with van der Waals surface area (Å²) in [5.74, 6) is 0.619. The fraction of sp³-hybridized carbons (Fsp3) is 0.409. The molecule has 0 saturated carbocycles. The second-order valence-corrected chi connectivity index (χ2v) is 7.14. The molecule has 5 heteroatoms. The average Bonchev–Trinajstić information content (AvgIpc) is 2.68. The Morgan fingerprint density at radius 1 is 1.22 bits per heavy atom. The number of nitrogens with zero attached hydrogens (tertiary/aromatic N) is 1. The standard InChI is InChI=1S/C22H29N3O2/c1-3-14-27-19-10-7-17(8-11-19)22(26)24-18-9-12-21(20(23)15-18)25-13-5-4-6-16(25)2/h7-12,15-16H,3-6,13-14,23H2,1-2H3,(H,24,26)/t16-/m1/s1. The smallest absolute Gasteiger partial charge is 0.255 e. The molecule has 2 aromatic carbocycles. The Bertz CT molecular complexity index is 774. The number of nitrogens with one attached hydrogen (secondary N) is 1. The van der Waals surface area contributed by atoms with Crippen molar-refractivity contribution in [2.45, 2.75) is 45.6 Å². The SMILES string of the molecule is CCCOc1ccc(C(=O)Nc2ccc(N3CCCC[C@H]3C)c(N)c2)cc1. The molecule has 1 amide bonds. The van der Waals surface area contributed by atoms with Gasteiger partial charge in [-0.25, -0.2) is 0 Å². The van der Waals surface area contributed by atoms with Gasteiger partial charge in [-0.05, 0) is 75.1 Å². The van der Waals surface area contributed by atoms with E-state index in [4.69, 9.17) is 10.5 Å². The molecular formula is C22H29N3O2. The molecule has 1 atom stereocenters. The lowest BCUT2D eigenvalue weighted by molar-refractivity contribution is 0.102. The minimum atomic E-state index is -0.157. The zero-order valence-corrected chi connectivity index (χ0v) is 16.2. The molecule has 0 radical (unpaired) electrons. The van der Waals surface area contributed by atoms with Crippen molar-refractivity contribution in [1.29, 1.82) is 0 Å². The van der Waals surface area contributed by atoms with Gasteiger partial charge in [0.1, 0.15) is 5.75 Å². The Hall–Kier alpha value is -2.69. The summed E-state index contributed by atoms with van der Waals surface area (Å²) < 4.78 is 5.55. The Morgan fingerprint density at radius 3 is 2.67 bits per heavy atom. The van der Waals surface area contributed by atoms with Crippen molar-refractivity contribution in [3.8, 4) is 5.75 Å². The summed E-state index contributed by atoms with van der Waals surface area (Å²) in [4.78, 5) is 14.8. The van der Waals surface area contributed by atoms with Crippen molar-refractivity contribution in [3.05, 3.63) is 48.0 Å². The van der Waals surface area contributed by atoms with Crippen molar-refractivity contribution in [2.75, 3.05) is 29.1 Å². The lowest BCUT2D eigenvalue weighted by atomic mass is 10.0. The van der Waals surface area contributed by atoms with Gasteiger partial charge in [0.15, 0.2) is 0 Å². The highest BCUT2D eigenvalue weighted by molar-refractivity contribution is 6.04. The molecule has 0 unspecified atom stereocenters. The first-order chi connectivity index (χ1) is 13.1. The first-order valence-corrected chi connectivity index (χ1v) is 9.79. The van der Waals surface area contributed by atoms with Gasteiger partial charge in [-0.1, -0.05) is 6.92 Å². The summed E-state index contributed by atoms with van der Waals surface area (Å²) in [6, 6.07) is 13.4. The monoisotopic (exact) mass is 367 g/mol. The molecule has 1 saturated heterocycles. The van der Waals surface area contributed by atoms with Crippen molar-refractivity contribution >= 4 is 23.0 Å². The highest BCUT2D eigenvalue weighted by Crippen LogP contribution is 2.31. The van der Waals surface area contributed by atoms with Crippen LogP contribution in [0.4, 0.5) is 17.1 Å². The molecule has 1 fully saturated rings. The summed E-state index contributed by atoms with van der Waals surface area (Å²) >= 11 is 0. The van der Waals surface area contributed by atoms with Crippen LogP contribution in [0.1, 0.15) is 49.9 Å². The molecule has 0 aliphatic carbocycles. The number of nitrogens with two attached hydrogens (primary N) is 1. The van der Waals surface area contributed by atoms with E-state index in [0.717, 1.165) is 24.4 Å². The minimum Gasteiger partial charge on any atom is -0.494 e. The fourth-order valence-corrected chi connectivity index (χ4v) is 3.48. The number of benzene rings is 2. The van der Waals surface area contributed by atoms with E-state index in [1.807, 2.05) is 30.3 Å². The second-order valence-electron chi connectivity index (χ2n) is 7.14. The van der Waals surface area contributed by atoms with Gasteiger partial charge in [0, 0.05) is 23.8 Å². The van der Waals surface area contributed by atoms with Gasteiger partial charge in [0.05, 0.1) is 18.0 Å². The number of hydrogen-bond acceptors (Lipinski definition) is 4. The van der Waals surface area contributed by atoms with Gasteiger partial charge in [0.2, 0.25) is 0 Å². The first kappa shape index (κ1) is 19.1.